The minimum atomic E-state index is -1.25. The van der Waals surface area contributed by atoms with E-state index in [0.717, 1.165) is 19.4 Å². The van der Waals surface area contributed by atoms with E-state index in [0.29, 0.717) is 6.54 Å². The van der Waals surface area contributed by atoms with Crippen molar-refractivity contribution in [2.24, 2.45) is 11.7 Å². The molecule has 96 valence electrons. The average molecular weight is 243 g/mol. The Morgan fingerprint density at radius 2 is 2.18 bits per heavy atom. The van der Waals surface area contributed by atoms with Crippen LogP contribution in [0.25, 0.3) is 0 Å². The molecule has 7 nitrogen and oxygen atoms in total. The molecule has 1 rings (SSSR count). The highest BCUT2D eigenvalue weighted by Crippen LogP contribution is 2.10. The highest BCUT2D eigenvalue weighted by atomic mass is 16.4. The largest absolute Gasteiger partial charge is 0.480 e. The lowest BCUT2D eigenvalue weighted by atomic mass is 9.98. The Balaban J connectivity index is 2.50. The molecule has 0 aromatic carbocycles. The fraction of sp³-hybridized carbons (Fsp3) is 0.700. The van der Waals surface area contributed by atoms with E-state index in [4.69, 9.17) is 10.8 Å². The highest BCUT2D eigenvalue weighted by molar-refractivity contribution is 5.89. The molecule has 5 N–H and O–H groups in total. The van der Waals surface area contributed by atoms with Crippen LogP contribution in [0, 0.1) is 5.92 Å². The van der Waals surface area contributed by atoms with Gasteiger partial charge in [0.1, 0.15) is 6.04 Å². The number of nitrogens with one attached hydrogen (secondary N) is 2. The third kappa shape index (κ3) is 4.39. The summed E-state index contributed by atoms with van der Waals surface area (Å²) in [6, 6.07) is -1.23. The molecule has 0 aliphatic carbocycles. The van der Waals surface area contributed by atoms with Crippen LogP contribution in [-0.2, 0) is 14.4 Å². The number of hydrogen-bond acceptors (Lipinski definition) is 4. The van der Waals surface area contributed by atoms with Gasteiger partial charge in [-0.05, 0) is 19.4 Å². The molecule has 0 bridgehead atoms. The normalized spacial score (nSPS) is 21.5. The van der Waals surface area contributed by atoms with Crippen molar-refractivity contribution in [1.82, 2.24) is 10.6 Å². The van der Waals surface area contributed by atoms with Crippen LogP contribution in [0.2, 0.25) is 0 Å². The third-order valence-electron chi connectivity index (χ3n) is 2.69. The highest BCUT2D eigenvalue weighted by Gasteiger charge is 2.27. The van der Waals surface area contributed by atoms with Crippen LogP contribution < -0.4 is 16.4 Å². The first kappa shape index (κ1) is 13.4. The van der Waals surface area contributed by atoms with E-state index in [2.05, 4.69) is 10.6 Å². The minimum absolute atomic E-state index is 0.238. The number of aliphatic carboxylic acids is 1. The number of rotatable bonds is 5. The van der Waals surface area contributed by atoms with Crippen molar-refractivity contribution in [1.29, 1.82) is 0 Å². The standard InChI is InChI=1S/C10H17N3O4/c11-8(14)4-7(10(16)17)13-9(15)6-2-1-3-12-5-6/h6-7,12H,1-5H2,(H2,11,14)(H,13,15)(H,16,17)/t6?,7-/m1/s1. The molecular formula is C10H17N3O4. The zero-order valence-corrected chi connectivity index (χ0v) is 9.44. The van der Waals surface area contributed by atoms with Gasteiger partial charge in [0.2, 0.25) is 11.8 Å². The van der Waals surface area contributed by atoms with Gasteiger partial charge in [-0.15, -0.1) is 0 Å². The summed E-state index contributed by atoms with van der Waals surface area (Å²) in [7, 11) is 0. The number of nitrogens with two attached hydrogens (primary N) is 1. The Bertz CT molecular complexity index is 313. The first-order chi connectivity index (χ1) is 8.00. The molecule has 1 saturated heterocycles. The van der Waals surface area contributed by atoms with Gasteiger partial charge in [0, 0.05) is 6.54 Å². The molecule has 1 heterocycles. The van der Waals surface area contributed by atoms with Crippen LogP contribution in [0.5, 0.6) is 0 Å². The van der Waals surface area contributed by atoms with Gasteiger partial charge in [-0.2, -0.15) is 0 Å². The molecule has 0 aromatic rings. The number of carbonyl (C=O) groups is 3. The molecule has 2 atom stereocenters. The van der Waals surface area contributed by atoms with Gasteiger partial charge in [-0.3, -0.25) is 9.59 Å². The topological polar surface area (TPSA) is 122 Å². The third-order valence-corrected chi connectivity index (χ3v) is 2.69. The zero-order chi connectivity index (χ0) is 12.8. The Morgan fingerprint density at radius 3 is 2.65 bits per heavy atom. The first-order valence-electron chi connectivity index (χ1n) is 5.53. The number of primary amides is 1. The molecule has 1 unspecified atom stereocenters. The van der Waals surface area contributed by atoms with Crippen molar-refractivity contribution in [3.05, 3.63) is 0 Å². The van der Waals surface area contributed by atoms with Crippen molar-refractivity contribution < 1.29 is 19.5 Å². The van der Waals surface area contributed by atoms with Crippen molar-refractivity contribution in [2.75, 3.05) is 13.1 Å². The van der Waals surface area contributed by atoms with Gasteiger partial charge in [-0.25, -0.2) is 4.79 Å². The average Bonchev–Trinajstić information content (AvgIpc) is 2.28. The molecule has 2 amide bonds. The fourth-order valence-electron chi connectivity index (χ4n) is 1.77. The minimum Gasteiger partial charge on any atom is -0.480 e. The van der Waals surface area contributed by atoms with E-state index in [1.807, 2.05) is 0 Å². The van der Waals surface area contributed by atoms with Crippen LogP contribution >= 0.6 is 0 Å². The predicted octanol–water partition coefficient (Wildman–Crippen LogP) is -1.57. The zero-order valence-electron chi connectivity index (χ0n) is 9.44. The van der Waals surface area contributed by atoms with E-state index in [-0.39, 0.29) is 18.2 Å². The fourth-order valence-corrected chi connectivity index (χ4v) is 1.77. The molecule has 0 saturated carbocycles. The molecule has 1 fully saturated rings. The van der Waals surface area contributed by atoms with Crippen molar-refractivity contribution in [3.8, 4) is 0 Å². The molecule has 1 aliphatic rings. The maximum absolute atomic E-state index is 11.7. The molecular weight excluding hydrogens is 226 g/mol. The maximum atomic E-state index is 11.7. The number of carboxylic acid groups (broad SMARTS) is 1. The van der Waals surface area contributed by atoms with Crippen LogP contribution in [0.3, 0.4) is 0 Å². The maximum Gasteiger partial charge on any atom is 0.326 e. The lowest BCUT2D eigenvalue weighted by Gasteiger charge is -2.23. The monoisotopic (exact) mass is 243 g/mol. The second-order valence-corrected chi connectivity index (χ2v) is 4.11. The molecule has 1 aliphatic heterocycles. The van der Waals surface area contributed by atoms with Crippen molar-refractivity contribution in [2.45, 2.75) is 25.3 Å². The second-order valence-electron chi connectivity index (χ2n) is 4.11. The summed E-state index contributed by atoms with van der Waals surface area (Å²) in [4.78, 5) is 33.2. The summed E-state index contributed by atoms with van der Waals surface area (Å²) in [6.07, 6.45) is 1.22. The summed E-state index contributed by atoms with van der Waals surface area (Å²) in [5.74, 6) is -2.58. The Labute approximate surface area is 98.7 Å². The Hall–Kier alpha value is -1.63. The molecule has 0 spiro atoms. The summed E-state index contributed by atoms with van der Waals surface area (Å²) >= 11 is 0. The van der Waals surface area contributed by atoms with Gasteiger partial charge < -0.3 is 21.5 Å². The summed E-state index contributed by atoms with van der Waals surface area (Å²) in [5, 5.41) is 14.2. The van der Waals surface area contributed by atoms with E-state index in [1.54, 1.807) is 0 Å². The van der Waals surface area contributed by atoms with Crippen LogP contribution in [0.15, 0.2) is 0 Å². The first-order valence-corrected chi connectivity index (χ1v) is 5.53. The Kier molecular flexibility index (Phi) is 4.89. The summed E-state index contributed by atoms with van der Waals surface area (Å²) < 4.78 is 0. The van der Waals surface area contributed by atoms with Gasteiger partial charge in [0.25, 0.3) is 0 Å². The number of hydrogen-bond donors (Lipinski definition) is 4. The van der Waals surface area contributed by atoms with Crippen molar-refractivity contribution >= 4 is 17.8 Å². The SMILES string of the molecule is NC(=O)C[C@@H](NC(=O)C1CCCNC1)C(=O)O. The molecule has 0 radical (unpaired) electrons. The van der Waals surface area contributed by atoms with Gasteiger partial charge in [0.05, 0.1) is 12.3 Å². The lowest BCUT2D eigenvalue weighted by Crippen LogP contribution is -2.48. The van der Waals surface area contributed by atoms with Crippen molar-refractivity contribution in [3.63, 3.8) is 0 Å². The molecule has 0 aromatic heterocycles. The number of amides is 2. The van der Waals surface area contributed by atoms with Crippen LogP contribution in [0.4, 0.5) is 0 Å². The second kappa shape index (κ2) is 6.19. The molecule has 17 heavy (non-hydrogen) atoms. The van der Waals surface area contributed by atoms with Gasteiger partial charge in [-0.1, -0.05) is 0 Å². The summed E-state index contributed by atoms with van der Waals surface area (Å²) in [5.41, 5.74) is 4.92. The van der Waals surface area contributed by atoms with Crippen LogP contribution in [0.1, 0.15) is 19.3 Å². The molecule has 7 heteroatoms. The quantitative estimate of drug-likeness (QED) is 0.465. The lowest BCUT2D eigenvalue weighted by molar-refractivity contribution is -0.144. The number of carboxylic acids is 1. The van der Waals surface area contributed by atoms with Gasteiger partial charge in [0.15, 0.2) is 0 Å². The van der Waals surface area contributed by atoms with E-state index < -0.39 is 17.9 Å². The smallest absolute Gasteiger partial charge is 0.326 e. The predicted molar refractivity (Wildman–Crippen MR) is 59.0 cm³/mol. The van der Waals surface area contributed by atoms with E-state index >= 15 is 0 Å². The van der Waals surface area contributed by atoms with Crippen LogP contribution in [-0.4, -0.2) is 42.0 Å². The van der Waals surface area contributed by atoms with Gasteiger partial charge >= 0.3 is 5.97 Å². The summed E-state index contributed by atoms with van der Waals surface area (Å²) in [6.45, 7) is 1.40. The number of carbonyl (C=O) groups excluding carboxylic acids is 2. The van der Waals surface area contributed by atoms with E-state index in [9.17, 15) is 14.4 Å². The number of piperidine rings is 1. The van der Waals surface area contributed by atoms with E-state index in [1.165, 1.54) is 0 Å². The Morgan fingerprint density at radius 1 is 1.47 bits per heavy atom.